The molecule has 1 aliphatic rings. The van der Waals surface area contributed by atoms with Crippen LogP contribution in [0.2, 0.25) is 0 Å². The van der Waals surface area contributed by atoms with Crippen LogP contribution in [0.3, 0.4) is 0 Å². The van der Waals surface area contributed by atoms with Crippen LogP contribution in [0.4, 0.5) is 0 Å². The number of aromatic nitrogens is 1. The minimum atomic E-state index is 0. The Morgan fingerprint density at radius 3 is 2.71 bits per heavy atom. The average molecular weight is 350 g/mol. The number of rotatable bonds is 4. The zero-order valence-corrected chi connectivity index (χ0v) is 14.2. The maximum absolute atomic E-state index is 5.72. The van der Waals surface area contributed by atoms with Crippen molar-refractivity contribution in [3.05, 3.63) is 29.5 Å². The number of halogens is 2. The number of nitrogens with zero attached hydrogens (tertiary/aromatic N) is 2. The molecular formula is C14H21Cl2N3OS. The van der Waals surface area contributed by atoms with E-state index >= 15 is 0 Å². The van der Waals surface area contributed by atoms with Gasteiger partial charge in [0.15, 0.2) is 10.8 Å². The zero-order valence-electron chi connectivity index (χ0n) is 11.7. The molecule has 118 valence electrons. The van der Waals surface area contributed by atoms with Gasteiger partial charge in [0, 0.05) is 11.9 Å². The number of hydrogen-bond acceptors (Lipinski definition) is 5. The van der Waals surface area contributed by atoms with Crippen molar-refractivity contribution in [3.8, 4) is 10.8 Å². The smallest absolute Gasteiger partial charge is 0.162 e. The summed E-state index contributed by atoms with van der Waals surface area (Å²) in [6.45, 7) is 4.03. The molecule has 0 atom stereocenters. The maximum Gasteiger partial charge on any atom is 0.162 e. The summed E-state index contributed by atoms with van der Waals surface area (Å²) in [5, 5.41) is 3.10. The molecule has 0 bridgehead atoms. The summed E-state index contributed by atoms with van der Waals surface area (Å²) in [4.78, 5) is 7.11. The van der Waals surface area contributed by atoms with Gasteiger partial charge in [-0.1, -0.05) is 0 Å². The predicted molar refractivity (Wildman–Crippen MR) is 91.4 cm³/mol. The third-order valence-electron chi connectivity index (χ3n) is 3.71. The molecule has 0 saturated carbocycles. The van der Waals surface area contributed by atoms with Crippen LogP contribution in [0.1, 0.15) is 18.5 Å². The van der Waals surface area contributed by atoms with Crippen LogP contribution >= 0.6 is 36.2 Å². The van der Waals surface area contributed by atoms with Crippen molar-refractivity contribution in [2.45, 2.75) is 19.4 Å². The molecule has 0 aliphatic carbocycles. The molecule has 2 aromatic rings. The van der Waals surface area contributed by atoms with Crippen molar-refractivity contribution in [1.29, 1.82) is 0 Å². The zero-order chi connectivity index (χ0) is 13.1. The number of nitrogens with two attached hydrogens (primary N) is 1. The van der Waals surface area contributed by atoms with E-state index in [1.807, 2.05) is 12.1 Å². The molecule has 1 saturated heterocycles. The van der Waals surface area contributed by atoms with Crippen molar-refractivity contribution in [2.75, 3.05) is 19.6 Å². The normalized spacial score (nSPS) is 16.2. The summed E-state index contributed by atoms with van der Waals surface area (Å²) in [5.74, 6) is 1.57. The van der Waals surface area contributed by atoms with Crippen LogP contribution in [0.25, 0.3) is 10.8 Å². The molecule has 0 amide bonds. The quantitative estimate of drug-likeness (QED) is 0.918. The van der Waals surface area contributed by atoms with Gasteiger partial charge >= 0.3 is 0 Å². The molecule has 1 fully saturated rings. The van der Waals surface area contributed by atoms with Crippen molar-refractivity contribution >= 4 is 36.2 Å². The summed E-state index contributed by atoms with van der Waals surface area (Å²) >= 11 is 1.65. The monoisotopic (exact) mass is 349 g/mol. The molecule has 21 heavy (non-hydrogen) atoms. The summed E-state index contributed by atoms with van der Waals surface area (Å²) in [6, 6.07) is 3.85. The number of likely N-dealkylation sites (tertiary alicyclic amines) is 1. The third kappa shape index (κ3) is 4.69. The molecule has 3 heterocycles. The lowest BCUT2D eigenvalue weighted by atomic mass is 9.97. The Kier molecular flexibility index (Phi) is 7.70. The highest BCUT2D eigenvalue weighted by Gasteiger charge is 2.19. The highest BCUT2D eigenvalue weighted by Crippen LogP contribution is 2.25. The topological polar surface area (TPSA) is 55.3 Å². The highest BCUT2D eigenvalue weighted by molar-refractivity contribution is 7.13. The first-order valence-corrected chi connectivity index (χ1v) is 7.64. The molecule has 1 aliphatic heterocycles. The van der Waals surface area contributed by atoms with E-state index in [4.69, 9.17) is 10.2 Å². The Labute approximate surface area is 141 Å². The predicted octanol–water partition coefficient (Wildman–Crippen LogP) is 3.42. The first kappa shape index (κ1) is 18.5. The molecule has 0 aromatic carbocycles. The molecule has 4 nitrogen and oxygen atoms in total. The van der Waals surface area contributed by atoms with Crippen LogP contribution in [-0.4, -0.2) is 29.5 Å². The summed E-state index contributed by atoms with van der Waals surface area (Å²) in [7, 11) is 0. The molecule has 2 N–H and O–H groups in total. The van der Waals surface area contributed by atoms with Gasteiger partial charge in [-0.15, -0.1) is 36.2 Å². The minimum absolute atomic E-state index is 0. The third-order valence-corrected chi connectivity index (χ3v) is 4.62. The second kappa shape index (κ2) is 8.76. The Morgan fingerprint density at radius 1 is 1.33 bits per heavy atom. The first-order valence-electron chi connectivity index (χ1n) is 6.76. The number of furan rings is 1. The Bertz CT molecular complexity index is 510. The van der Waals surface area contributed by atoms with Gasteiger partial charge in [0.05, 0.1) is 12.0 Å². The van der Waals surface area contributed by atoms with Gasteiger partial charge in [-0.2, -0.15) is 0 Å². The average Bonchev–Trinajstić information content (AvgIpc) is 3.10. The largest absolute Gasteiger partial charge is 0.462 e. The highest BCUT2D eigenvalue weighted by atomic mass is 35.5. The second-order valence-corrected chi connectivity index (χ2v) is 5.93. The summed E-state index contributed by atoms with van der Waals surface area (Å²) in [6.07, 6.45) is 4.12. The van der Waals surface area contributed by atoms with E-state index in [0.29, 0.717) is 5.92 Å². The van der Waals surface area contributed by atoms with E-state index in [1.165, 1.54) is 12.8 Å². The standard InChI is InChI=1S/C14H19N3OS.2ClH/c15-8-11-3-5-17(6-4-11)9-12-10-19-14(16-12)13-2-1-7-18-13;;/h1-2,7,10-11H,3-6,8-9,15H2;2*1H. The van der Waals surface area contributed by atoms with E-state index in [0.717, 1.165) is 42.6 Å². The SMILES string of the molecule is Cl.Cl.NCC1CCN(Cc2csc(-c3ccco3)n2)CC1. The van der Waals surface area contributed by atoms with Gasteiger partial charge in [-0.25, -0.2) is 4.98 Å². The van der Waals surface area contributed by atoms with Crippen LogP contribution in [0, 0.1) is 5.92 Å². The lowest BCUT2D eigenvalue weighted by molar-refractivity contribution is 0.179. The molecule has 7 heteroatoms. The molecule has 2 aromatic heterocycles. The number of piperidine rings is 1. The Morgan fingerprint density at radius 2 is 2.10 bits per heavy atom. The van der Waals surface area contributed by atoms with E-state index in [9.17, 15) is 0 Å². The molecule has 0 spiro atoms. The van der Waals surface area contributed by atoms with Gasteiger partial charge in [0.2, 0.25) is 0 Å². The Balaban J connectivity index is 0.00000110. The lowest BCUT2D eigenvalue weighted by Gasteiger charge is -2.30. The number of hydrogen-bond donors (Lipinski definition) is 1. The van der Waals surface area contributed by atoms with Crippen LogP contribution in [0.15, 0.2) is 28.2 Å². The van der Waals surface area contributed by atoms with E-state index < -0.39 is 0 Å². The molecule has 0 radical (unpaired) electrons. The second-order valence-electron chi connectivity index (χ2n) is 5.08. The van der Waals surface area contributed by atoms with Crippen molar-refractivity contribution in [2.24, 2.45) is 11.7 Å². The molecular weight excluding hydrogens is 329 g/mol. The van der Waals surface area contributed by atoms with Gasteiger partial charge in [0.25, 0.3) is 0 Å². The fourth-order valence-corrected chi connectivity index (χ4v) is 3.28. The van der Waals surface area contributed by atoms with Crippen molar-refractivity contribution in [1.82, 2.24) is 9.88 Å². The minimum Gasteiger partial charge on any atom is -0.462 e. The maximum atomic E-state index is 5.72. The van der Waals surface area contributed by atoms with Crippen molar-refractivity contribution in [3.63, 3.8) is 0 Å². The van der Waals surface area contributed by atoms with E-state index in [1.54, 1.807) is 17.6 Å². The van der Waals surface area contributed by atoms with Gasteiger partial charge in [-0.05, 0) is 50.5 Å². The number of thiazole rings is 1. The summed E-state index contributed by atoms with van der Waals surface area (Å²) in [5.41, 5.74) is 6.86. The van der Waals surface area contributed by atoms with Gasteiger partial charge in [-0.3, -0.25) is 4.90 Å². The van der Waals surface area contributed by atoms with Crippen LogP contribution < -0.4 is 5.73 Å². The Hall–Kier alpha value is -0.590. The van der Waals surface area contributed by atoms with Gasteiger partial charge < -0.3 is 10.2 Å². The van der Waals surface area contributed by atoms with Crippen LogP contribution in [-0.2, 0) is 6.54 Å². The first-order chi connectivity index (χ1) is 9.35. The van der Waals surface area contributed by atoms with E-state index in [-0.39, 0.29) is 24.8 Å². The van der Waals surface area contributed by atoms with Gasteiger partial charge in [0.1, 0.15) is 0 Å². The molecule has 3 rings (SSSR count). The summed E-state index contributed by atoms with van der Waals surface area (Å²) < 4.78 is 5.37. The molecule has 0 unspecified atom stereocenters. The lowest BCUT2D eigenvalue weighted by Crippen LogP contribution is -2.35. The fourth-order valence-electron chi connectivity index (χ4n) is 2.50. The van der Waals surface area contributed by atoms with E-state index in [2.05, 4.69) is 15.3 Å². The van der Waals surface area contributed by atoms with Crippen LogP contribution in [0.5, 0.6) is 0 Å². The van der Waals surface area contributed by atoms with Crippen molar-refractivity contribution < 1.29 is 4.42 Å². The fraction of sp³-hybridized carbons (Fsp3) is 0.500.